The summed E-state index contributed by atoms with van der Waals surface area (Å²) in [7, 11) is 0. The second-order valence-corrected chi connectivity index (χ2v) is 5.19. The molecule has 1 fully saturated rings. The second kappa shape index (κ2) is 6.57. The van der Waals surface area contributed by atoms with Gasteiger partial charge >= 0.3 is 6.03 Å². The van der Waals surface area contributed by atoms with Gasteiger partial charge in [-0.1, -0.05) is 44.0 Å². The topological polar surface area (TPSA) is 58.4 Å². The summed E-state index contributed by atoms with van der Waals surface area (Å²) in [5, 5.41) is 3.05. The number of nitrogens with two attached hydrogens (primary N) is 1. The van der Waals surface area contributed by atoms with E-state index in [0.717, 1.165) is 24.1 Å². The van der Waals surface area contributed by atoms with Crippen molar-refractivity contribution >= 4 is 6.03 Å². The van der Waals surface area contributed by atoms with Crippen LogP contribution in [0, 0.1) is 0 Å². The second-order valence-electron chi connectivity index (χ2n) is 5.19. The Bertz CT molecular complexity index is 416. The van der Waals surface area contributed by atoms with Gasteiger partial charge in [-0.05, 0) is 17.5 Å². The molecule has 1 saturated heterocycles. The van der Waals surface area contributed by atoms with Crippen molar-refractivity contribution in [2.45, 2.75) is 45.3 Å². The lowest BCUT2D eigenvalue weighted by Gasteiger charge is -2.15. The molecule has 0 bridgehead atoms. The fourth-order valence-electron chi connectivity index (χ4n) is 2.41. The van der Waals surface area contributed by atoms with Crippen molar-refractivity contribution in [2.24, 2.45) is 5.73 Å². The standard InChI is InChI=1S/C15H23N3O/c1-2-3-4-14-11-18(15(19)17-14)10-13-7-5-12(9-16)6-8-13/h5-8,14H,2-4,9-11,16H2,1H3,(H,17,19)/t14-/m0/s1. The SMILES string of the molecule is CCCC[C@H]1CN(Cc2ccc(CN)cc2)C(=O)N1. The van der Waals surface area contributed by atoms with E-state index in [-0.39, 0.29) is 6.03 Å². The quantitative estimate of drug-likeness (QED) is 0.825. The van der Waals surface area contributed by atoms with Crippen molar-refractivity contribution in [3.05, 3.63) is 35.4 Å². The van der Waals surface area contributed by atoms with E-state index < -0.39 is 0 Å². The Kier molecular flexibility index (Phi) is 4.80. The molecule has 2 amide bonds. The molecule has 1 aromatic carbocycles. The van der Waals surface area contributed by atoms with Crippen LogP contribution in [0.25, 0.3) is 0 Å². The first-order chi connectivity index (χ1) is 9.22. The van der Waals surface area contributed by atoms with Gasteiger partial charge in [-0.25, -0.2) is 4.79 Å². The zero-order valence-electron chi connectivity index (χ0n) is 11.6. The maximum Gasteiger partial charge on any atom is 0.318 e. The summed E-state index contributed by atoms with van der Waals surface area (Å²) >= 11 is 0. The lowest BCUT2D eigenvalue weighted by molar-refractivity contribution is 0.215. The lowest BCUT2D eigenvalue weighted by atomic mass is 10.1. The molecule has 0 saturated carbocycles. The van der Waals surface area contributed by atoms with E-state index in [1.807, 2.05) is 17.0 Å². The number of hydrogen-bond acceptors (Lipinski definition) is 2. The Morgan fingerprint density at radius 3 is 2.63 bits per heavy atom. The molecule has 1 heterocycles. The highest BCUT2D eigenvalue weighted by Crippen LogP contribution is 2.14. The number of carbonyl (C=O) groups excluding carboxylic acids is 1. The fraction of sp³-hybridized carbons (Fsp3) is 0.533. The van der Waals surface area contributed by atoms with Crippen molar-refractivity contribution < 1.29 is 4.79 Å². The highest BCUT2D eigenvalue weighted by Gasteiger charge is 2.27. The molecule has 19 heavy (non-hydrogen) atoms. The summed E-state index contributed by atoms with van der Waals surface area (Å²) in [6, 6.07) is 8.53. The molecule has 4 nitrogen and oxygen atoms in total. The number of nitrogens with one attached hydrogen (secondary N) is 1. The van der Waals surface area contributed by atoms with Gasteiger partial charge in [0.2, 0.25) is 0 Å². The van der Waals surface area contributed by atoms with Gasteiger partial charge in [0.25, 0.3) is 0 Å². The number of benzene rings is 1. The first-order valence-electron chi connectivity index (χ1n) is 7.06. The van der Waals surface area contributed by atoms with Gasteiger partial charge < -0.3 is 16.0 Å². The first-order valence-corrected chi connectivity index (χ1v) is 7.06. The van der Waals surface area contributed by atoms with Crippen molar-refractivity contribution in [3.8, 4) is 0 Å². The van der Waals surface area contributed by atoms with Crippen molar-refractivity contribution in [1.82, 2.24) is 10.2 Å². The van der Waals surface area contributed by atoms with Crippen LogP contribution in [0.2, 0.25) is 0 Å². The third kappa shape index (κ3) is 3.70. The minimum absolute atomic E-state index is 0.0593. The molecular weight excluding hydrogens is 238 g/mol. The predicted molar refractivity (Wildman–Crippen MR) is 76.6 cm³/mol. The maximum absolute atomic E-state index is 11.9. The fourth-order valence-corrected chi connectivity index (χ4v) is 2.41. The van der Waals surface area contributed by atoms with E-state index >= 15 is 0 Å². The number of amides is 2. The van der Waals surface area contributed by atoms with Gasteiger partial charge in [0.15, 0.2) is 0 Å². The third-order valence-corrected chi connectivity index (χ3v) is 3.59. The lowest BCUT2D eigenvalue weighted by Crippen LogP contribution is -2.28. The monoisotopic (exact) mass is 261 g/mol. The van der Waals surface area contributed by atoms with Gasteiger partial charge in [0, 0.05) is 25.7 Å². The molecule has 0 spiro atoms. The number of unbranched alkanes of at least 4 members (excludes halogenated alkanes) is 1. The first kappa shape index (κ1) is 13.9. The molecule has 1 aliphatic rings. The summed E-state index contributed by atoms with van der Waals surface area (Å²) in [5.41, 5.74) is 7.85. The normalized spacial score (nSPS) is 18.7. The molecule has 104 valence electrons. The molecule has 2 rings (SSSR count). The average molecular weight is 261 g/mol. The Morgan fingerprint density at radius 2 is 2.00 bits per heavy atom. The van der Waals surface area contributed by atoms with Crippen molar-refractivity contribution in [1.29, 1.82) is 0 Å². The smallest absolute Gasteiger partial charge is 0.318 e. The zero-order valence-corrected chi connectivity index (χ0v) is 11.6. The van der Waals surface area contributed by atoms with Crippen molar-refractivity contribution in [2.75, 3.05) is 6.54 Å². The summed E-state index contributed by atoms with van der Waals surface area (Å²) < 4.78 is 0. The van der Waals surface area contributed by atoms with Crippen molar-refractivity contribution in [3.63, 3.8) is 0 Å². The number of nitrogens with zero attached hydrogens (tertiary/aromatic N) is 1. The molecule has 3 N–H and O–H groups in total. The van der Waals surface area contributed by atoms with Crippen LogP contribution in [0.4, 0.5) is 4.79 Å². The van der Waals surface area contributed by atoms with Crippen LogP contribution in [-0.2, 0) is 13.1 Å². The predicted octanol–water partition coefficient (Wildman–Crippen LogP) is 2.23. The van der Waals surface area contributed by atoms with E-state index in [9.17, 15) is 4.79 Å². The van der Waals surface area contributed by atoms with Crippen LogP contribution >= 0.6 is 0 Å². The van der Waals surface area contributed by atoms with Gasteiger partial charge in [0.05, 0.1) is 0 Å². The van der Waals surface area contributed by atoms with Crippen LogP contribution < -0.4 is 11.1 Å². The van der Waals surface area contributed by atoms with Crippen LogP contribution in [-0.4, -0.2) is 23.5 Å². The highest BCUT2D eigenvalue weighted by atomic mass is 16.2. The van der Waals surface area contributed by atoms with Crippen LogP contribution in [0.3, 0.4) is 0 Å². The number of rotatable bonds is 6. The minimum Gasteiger partial charge on any atom is -0.333 e. The molecule has 1 atom stereocenters. The summed E-state index contributed by atoms with van der Waals surface area (Å²) in [6.07, 6.45) is 3.42. The largest absolute Gasteiger partial charge is 0.333 e. The van der Waals surface area contributed by atoms with E-state index in [1.54, 1.807) is 0 Å². The van der Waals surface area contributed by atoms with Crippen LogP contribution in [0.1, 0.15) is 37.3 Å². The Labute approximate surface area is 115 Å². The molecule has 0 aromatic heterocycles. The third-order valence-electron chi connectivity index (χ3n) is 3.59. The molecule has 0 aliphatic carbocycles. The highest BCUT2D eigenvalue weighted by molar-refractivity contribution is 5.76. The van der Waals surface area contributed by atoms with E-state index in [2.05, 4.69) is 24.4 Å². The summed E-state index contributed by atoms with van der Waals surface area (Å²) in [6.45, 7) is 4.23. The van der Waals surface area contributed by atoms with E-state index in [0.29, 0.717) is 19.1 Å². The van der Waals surface area contributed by atoms with E-state index in [1.165, 1.54) is 12.8 Å². The molecule has 4 heteroatoms. The van der Waals surface area contributed by atoms with Crippen LogP contribution in [0.15, 0.2) is 24.3 Å². The Morgan fingerprint density at radius 1 is 1.32 bits per heavy atom. The van der Waals surface area contributed by atoms with Gasteiger partial charge in [-0.2, -0.15) is 0 Å². The molecule has 0 unspecified atom stereocenters. The molecule has 1 aliphatic heterocycles. The number of hydrogen-bond donors (Lipinski definition) is 2. The Hall–Kier alpha value is -1.55. The number of urea groups is 1. The zero-order chi connectivity index (χ0) is 13.7. The van der Waals surface area contributed by atoms with Gasteiger partial charge in [-0.3, -0.25) is 0 Å². The van der Waals surface area contributed by atoms with E-state index in [4.69, 9.17) is 5.73 Å². The molecular formula is C15H23N3O. The van der Waals surface area contributed by atoms with Gasteiger partial charge in [0.1, 0.15) is 0 Å². The van der Waals surface area contributed by atoms with Gasteiger partial charge in [-0.15, -0.1) is 0 Å². The summed E-state index contributed by atoms with van der Waals surface area (Å²) in [4.78, 5) is 13.8. The minimum atomic E-state index is 0.0593. The maximum atomic E-state index is 11.9. The molecule has 1 aromatic rings. The Balaban J connectivity index is 1.89. The molecule has 0 radical (unpaired) electrons. The number of carbonyl (C=O) groups is 1. The summed E-state index contributed by atoms with van der Waals surface area (Å²) in [5.74, 6) is 0. The average Bonchev–Trinajstić information content (AvgIpc) is 2.78. The van der Waals surface area contributed by atoms with Crippen LogP contribution in [0.5, 0.6) is 0 Å².